The first-order valence-corrected chi connectivity index (χ1v) is 12.1. The van der Waals surface area contributed by atoms with E-state index in [0.717, 1.165) is 11.6 Å². The van der Waals surface area contributed by atoms with Crippen molar-refractivity contribution in [1.29, 1.82) is 0 Å². The fraction of sp³-hybridized carbons (Fsp3) is 0.280. The van der Waals surface area contributed by atoms with E-state index in [-0.39, 0.29) is 53.0 Å². The van der Waals surface area contributed by atoms with Gasteiger partial charge in [-0.3, -0.25) is 9.79 Å². The molecule has 1 aliphatic heterocycles. The molecule has 3 N–H and O–H groups in total. The van der Waals surface area contributed by atoms with Gasteiger partial charge in [0.05, 0.1) is 24.9 Å². The maximum Gasteiger partial charge on any atom is 0.433 e. The van der Waals surface area contributed by atoms with E-state index in [2.05, 4.69) is 26.9 Å². The summed E-state index contributed by atoms with van der Waals surface area (Å²) in [7, 11) is 1.34. The summed E-state index contributed by atoms with van der Waals surface area (Å²) in [5, 5.41) is 5.17. The van der Waals surface area contributed by atoms with Crippen molar-refractivity contribution >= 4 is 34.8 Å². The summed E-state index contributed by atoms with van der Waals surface area (Å²) >= 11 is 1.58. The van der Waals surface area contributed by atoms with Crippen LogP contribution in [0.1, 0.15) is 28.9 Å². The van der Waals surface area contributed by atoms with Crippen molar-refractivity contribution in [3.05, 3.63) is 65.0 Å². The van der Waals surface area contributed by atoms with Gasteiger partial charge in [-0.05, 0) is 48.4 Å². The lowest BCUT2D eigenvalue weighted by Gasteiger charge is -2.15. The highest BCUT2D eigenvalue weighted by Crippen LogP contribution is 2.37. The van der Waals surface area contributed by atoms with E-state index in [4.69, 9.17) is 14.9 Å². The van der Waals surface area contributed by atoms with Crippen LogP contribution in [0.3, 0.4) is 0 Å². The van der Waals surface area contributed by atoms with Crippen LogP contribution >= 0.6 is 11.8 Å². The molecule has 2 atom stereocenters. The van der Waals surface area contributed by atoms with Gasteiger partial charge in [0.15, 0.2) is 11.5 Å². The first-order valence-electron chi connectivity index (χ1n) is 11.2. The number of halogens is 3. The number of benzene rings is 1. The minimum Gasteiger partial charge on any atom is -0.494 e. The third-order valence-electron chi connectivity index (χ3n) is 5.72. The molecule has 0 radical (unpaired) electrons. The van der Waals surface area contributed by atoms with Crippen molar-refractivity contribution in [3.63, 3.8) is 0 Å². The second kappa shape index (κ2) is 10.8. The normalized spacial score (nSPS) is 17.8. The van der Waals surface area contributed by atoms with Gasteiger partial charge in [0.25, 0.3) is 5.91 Å². The summed E-state index contributed by atoms with van der Waals surface area (Å²) in [4.78, 5) is 25.6. The molecule has 1 unspecified atom stereocenters. The van der Waals surface area contributed by atoms with E-state index in [1.165, 1.54) is 19.2 Å². The van der Waals surface area contributed by atoms with Gasteiger partial charge >= 0.3 is 6.18 Å². The first kappa shape index (κ1) is 26.4. The SMILES string of the molecule is C=CC1SC=C(CNC(=O)c2nc(-c3ccc(OC)c4nc(C(F)(F)F)ccc34)oc2CN)[C@H]1N=CC. The Hall–Kier alpha value is -3.64. The third-order valence-corrected chi connectivity index (χ3v) is 6.92. The zero-order chi connectivity index (χ0) is 26.7. The number of nitrogens with one attached hydrogen (secondary N) is 1. The van der Waals surface area contributed by atoms with Crippen LogP contribution < -0.4 is 15.8 Å². The molecule has 3 aromatic rings. The highest BCUT2D eigenvalue weighted by molar-refractivity contribution is 8.03. The molecule has 4 rings (SSSR count). The number of ether oxygens (including phenoxy) is 1. The molecule has 0 saturated carbocycles. The lowest BCUT2D eigenvalue weighted by Crippen LogP contribution is -2.31. The standard InChI is InChI=1S/C25H24F3N5O3S/c1-4-18-20(30-5-2)13(12-37-18)11-31-23(34)22-17(10-29)36-24(33-22)15-6-8-16(35-3)21-14(15)7-9-19(32-21)25(26,27)28/h4-9,12,18,20H,1,10-11,29H2,2-3H3,(H,31,34)/t18?,20-/m1/s1. The Morgan fingerprint density at radius 2 is 2.11 bits per heavy atom. The fourth-order valence-electron chi connectivity index (χ4n) is 3.94. The van der Waals surface area contributed by atoms with Crippen LogP contribution in [0.25, 0.3) is 22.4 Å². The molecule has 0 bridgehead atoms. The number of fused-ring (bicyclic) bond motifs is 1. The number of alkyl halides is 3. The van der Waals surface area contributed by atoms with Crippen molar-refractivity contribution in [2.45, 2.75) is 30.9 Å². The second-order valence-corrected chi connectivity index (χ2v) is 9.02. The summed E-state index contributed by atoms with van der Waals surface area (Å²) in [5.41, 5.74) is 5.98. The third kappa shape index (κ3) is 5.25. The van der Waals surface area contributed by atoms with E-state index in [1.807, 2.05) is 18.4 Å². The van der Waals surface area contributed by atoms with E-state index in [1.54, 1.807) is 24.0 Å². The largest absolute Gasteiger partial charge is 0.494 e. The van der Waals surface area contributed by atoms with Crippen LogP contribution in [-0.4, -0.2) is 47.0 Å². The van der Waals surface area contributed by atoms with Crippen molar-refractivity contribution < 1.29 is 27.1 Å². The monoisotopic (exact) mass is 531 g/mol. The number of oxazole rings is 1. The Morgan fingerprint density at radius 3 is 2.76 bits per heavy atom. The van der Waals surface area contributed by atoms with Gasteiger partial charge in [-0.2, -0.15) is 13.2 Å². The number of hydrogen-bond donors (Lipinski definition) is 2. The number of amides is 1. The zero-order valence-electron chi connectivity index (χ0n) is 20.0. The summed E-state index contributed by atoms with van der Waals surface area (Å²) in [6, 6.07) is 5.04. The smallest absolute Gasteiger partial charge is 0.433 e. The number of aromatic nitrogens is 2. The van der Waals surface area contributed by atoms with Crippen LogP contribution in [0.2, 0.25) is 0 Å². The summed E-state index contributed by atoms with van der Waals surface area (Å²) < 4.78 is 50.7. The number of rotatable bonds is 8. The molecular formula is C25H24F3N5O3S. The number of thioether (sulfide) groups is 1. The second-order valence-electron chi connectivity index (χ2n) is 7.96. The molecule has 0 aliphatic carbocycles. The van der Waals surface area contributed by atoms with E-state index in [9.17, 15) is 18.0 Å². The number of hydrogen-bond acceptors (Lipinski definition) is 8. The number of aliphatic imine (C=N–C) groups is 1. The van der Waals surface area contributed by atoms with Crippen molar-refractivity contribution in [3.8, 4) is 17.2 Å². The van der Waals surface area contributed by atoms with E-state index < -0.39 is 17.8 Å². The number of carbonyl (C=O) groups excluding carboxylic acids is 1. The van der Waals surface area contributed by atoms with Gasteiger partial charge in [0.2, 0.25) is 5.89 Å². The molecule has 1 aliphatic rings. The fourth-order valence-corrected chi connectivity index (χ4v) is 5.00. The Morgan fingerprint density at radius 1 is 1.32 bits per heavy atom. The van der Waals surface area contributed by atoms with Crippen molar-refractivity contribution in [2.24, 2.45) is 10.7 Å². The van der Waals surface area contributed by atoms with E-state index >= 15 is 0 Å². The lowest BCUT2D eigenvalue weighted by molar-refractivity contribution is -0.140. The molecular weight excluding hydrogens is 507 g/mol. The predicted octanol–water partition coefficient (Wildman–Crippen LogP) is 4.75. The van der Waals surface area contributed by atoms with Gasteiger partial charge in [-0.1, -0.05) is 6.08 Å². The Labute approximate surface area is 214 Å². The number of pyridine rings is 1. The summed E-state index contributed by atoms with van der Waals surface area (Å²) in [5.74, 6) is -0.190. The molecule has 37 heavy (non-hydrogen) atoms. The van der Waals surface area contributed by atoms with Crippen LogP contribution in [-0.2, 0) is 12.7 Å². The molecule has 12 heteroatoms. The van der Waals surface area contributed by atoms with Gasteiger partial charge in [0, 0.05) is 17.5 Å². The lowest BCUT2D eigenvalue weighted by atomic mass is 10.1. The molecule has 194 valence electrons. The molecule has 1 amide bonds. The molecule has 8 nitrogen and oxygen atoms in total. The van der Waals surface area contributed by atoms with Gasteiger partial charge < -0.3 is 20.2 Å². The van der Waals surface area contributed by atoms with Crippen molar-refractivity contribution in [2.75, 3.05) is 13.7 Å². The summed E-state index contributed by atoms with van der Waals surface area (Å²) in [6.45, 7) is 5.79. The molecule has 0 saturated heterocycles. The number of nitrogens with two attached hydrogens (primary N) is 1. The van der Waals surface area contributed by atoms with Crippen LogP contribution in [0.4, 0.5) is 13.2 Å². The van der Waals surface area contributed by atoms with Gasteiger partial charge in [-0.25, -0.2) is 9.97 Å². The first-order chi connectivity index (χ1) is 17.7. The molecule has 3 heterocycles. The summed E-state index contributed by atoms with van der Waals surface area (Å²) in [6.07, 6.45) is -1.10. The maximum atomic E-state index is 13.2. The van der Waals surface area contributed by atoms with Crippen molar-refractivity contribution in [1.82, 2.24) is 15.3 Å². The van der Waals surface area contributed by atoms with Crippen LogP contribution in [0, 0.1) is 0 Å². The van der Waals surface area contributed by atoms with Gasteiger partial charge in [0.1, 0.15) is 17.0 Å². The topological polar surface area (TPSA) is 116 Å². The van der Waals surface area contributed by atoms with Crippen LogP contribution in [0.5, 0.6) is 5.75 Å². The minimum atomic E-state index is -4.63. The number of nitrogens with zero attached hydrogens (tertiary/aromatic N) is 3. The van der Waals surface area contributed by atoms with Gasteiger partial charge in [-0.15, -0.1) is 18.3 Å². The molecule has 1 aromatic carbocycles. The number of carbonyl (C=O) groups is 1. The number of methoxy groups -OCH3 is 1. The zero-order valence-corrected chi connectivity index (χ0v) is 20.8. The molecule has 2 aromatic heterocycles. The predicted molar refractivity (Wildman–Crippen MR) is 137 cm³/mol. The quantitative estimate of drug-likeness (QED) is 0.318. The average Bonchev–Trinajstić information content (AvgIpc) is 3.50. The molecule has 0 spiro atoms. The molecule has 0 fully saturated rings. The Kier molecular flexibility index (Phi) is 7.69. The highest BCUT2D eigenvalue weighted by atomic mass is 32.2. The maximum absolute atomic E-state index is 13.2. The Balaban J connectivity index is 1.65. The minimum absolute atomic E-state index is 0.0107. The highest BCUT2D eigenvalue weighted by Gasteiger charge is 2.33. The van der Waals surface area contributed by atoms with Crippen LogP contribution in [0.15, 0.2) is 57.3 Å². The Bertz CT molecular complexity index is 1400. The average molecular weight is 532 g/mol. The van der Waals surface area contributed by atoms with E-state index in [0.29, 0.717) is 10.9 Å².